The van der Waals surface area contributed by atoms with Crippen LogP contribution in [0.5, 0.6) is 0 Å². The van der Waals surface area contributed by atoms with Crippen molar-refractivity contribution in [3.8, 4) is 0 Å². The summed E-state index contributed by atoms with van der Waals surface area (Å²) in [5.41, 5.74) is 7.10. The van der Waals surface area contributed by atoms with Crippen molar-refractivity contribution in [2.45, 2.75) is 31.9 Å². The third kappa shape index (κ3) is 2.25. The van der Waals surface area contributed by atoms with E-state index in [9.17, 15) is 0 Å². The SMILES string of the molecule is Cc1ccsc1C1C=C(N)ON1CC1CCCO1. The topological polar surface area (TPSA) is 47.7 Å². The molecule has 1 saturated heterocycles. The van der Waals surface area contributed by atoms with Gasteiger partial charge in [0.2, 0.25) is 5.88 Å². The van der Waals surface area contributed by atoms with Crippen LogP contribution in [-0.4, -0.2) is 24.3 Å². The van der Waals surface area contributed by atoms with Gasteiger partial charge in [0.05, 0.1) is 12.6 Å². The standard InChI is InChI=1S/C13H18N2O2S/c1-9-4-6-18-13(9)11-7-12(14)17-15(11)8-10-3-2-5-16-10/h4,6-7,10-11H,2-3,5,8,14H2,1H3. The van der Waals surface area contributed by atoms with Crippen LogP contribution >= 0.6 is 11.3 Å². The lowest BCUT2D eigenvalue weighted by Gasteiger charge is -2.24. The molecule has 1 fully saturated rings. The molecule has 1 aromatic heterocycles. The molecule has 2 unspecified atom stereocenters. The Morgan fingerprint density at radius 3 is 3.11 bits per heavy atom. The maximum absolute atomic E-state index is 5.81. The fourth-order valence-corrected chi connectivity index (χ4v) is 3.49. The molecule has 0 spiro atoms. The summed E-state index contributed by atoms with van der Waals surface area (Å²) in [6.45, 7) is 3.77. The monoisotopic (exact) mass is 266 g/mol. The molecule has 3 heterocycles. The molecule has 0 amide bonds. The van der Waals surface area contributed by atoms with E-state index >= 15 is 0 Å². The summed E-state index contributed by atoms with van der Waals surface area (Å²) in [6, 6.07) is 2.27. The summed E-state index contributed by atoms with van der Waals surface area (Å²) in [4.78, 5) is 6.91. The quantitative estimate of drug-likeness (QED) is 0.912. The fourth-order valence-electron chi connectivity index (χ4n) is 2.50. The van der Waals surface area contributed by atoms with Gasteiger partial charge < -0.3 is 15.3 Å². The Kier molecular flexibility index (Phi) is 3.28. The van der Waals surface area contributed by atoms with Gasteiger partial charge >= 0.3 is 0 Å². The Morgan fingerprint density at radius 2 is 2.44 bits per heavy atom. The summed E-state index contributed by atoms with van der Waals surface area (Å²) in [5, 5.41) is 4.06. The molecule has 0 aliphatic carbocycles. The second-order valence-electron chi connectivity index (χ2n) is 4.81. The van der Waals surface area contributed by atoms with Crippen molar-refractivity contribution < 1.29 is 9.57 Å². The predicted molar refractivity (Wildman–Crippen MR) is 70.8 cm³/mol. The predicted octanol–water partition coefficient (Wildman–Crippen LogP) is 2.32. The van der Waals surface area contributed by atoms with Crippen LogP contribution in [-0.2, 0) is 9.57 Å². The molecule has 2 N–H and O–H groups in total. The Balaban J connectivity index is 1.75. The van der Waals surface area contributed by atoms with Crippen LogP contribution in [0.4, 0.5) is 0 Å². The molecule has 4 nitrogen and oxygen atoms in total. The summed E-state index contributed by atoms with van der Waals surface area (Å²) < 4.78 is 5.66. The highest BCUT2D eigenvalue weighted by molar-refractivity contribution is 7.10. The van der Waals surface area contributed by atoms with Crippen molar-refractivity contribution in [3.63, 3.8) is 0 Å². The zero-order valence-electron chi connectivity index (χ0n) is 10.5. The molecule has 1 aromatic rings. The number of nitrogens with zero attached hydrogens (tertiary/aromatic N) is 1. The highest BCUT2D eigenvalue weighted by atomic mass is 32.1. The molecule has 0 saturated carbocycles. The van der Waals surface area contributed by atoms with Crippen molar-refractivity contribution in [3.05, 3.63) is 33.8 Å². The number of rotatable bonds is 3. The van der Waals surface area contributed by atoms with Gasteiger partial charge in [-0.2, -0.15) is 0 Å². The third-order valence-corrected chi connectivity index (χ3v) is 4.52. The van der Waals surface area contributed by atoms with Crippen LogP contribution in [0.15, 0.2) is 23.4 Å². The normalized spacial score (nSPS) is 28.4. The minimum Gasteiger partial charge on any atom is -0.388 e. The molecule has 3 rings (SSSR count). The largest absolute Gasteiger partial charge is 0.388 e. The van der Waals surface area contributed by atoms with E-state index in [1.807, 2.05) is 11.1 Å². The lowest BCUT2D eigenvalue weighted by atomic mass is 10.1. The number of hydrogen-bond acceptors (Lipinski definition) is 5. The first-order valence-corrected chi connectivity index (χ1v) is 7.19. The van der Waals surface area contributed by atoms with Crippen LogP contribution in [0.1, 0.15) is 29.3 Å². The van der Waals surface area contributed by atoms with Crippen molar-refractivity contribution in [2.75, 3.05) is 13.2 Å². The molecular formula is C13H18N2O2S. The lowest BCUT2D eigenvalue weighted by molar-refractivity contribution is -0.139. The van der Waals surface area contributed by atoms with Crippen molar-refractivity contribution in [1.82, 2.24) is 5.06 Å². The first-order chi connectivity index (χ1) is 8.74. The molecule has 2 aliphatic rings. The average Bonchev–Trinajstić information content (AvgIpc) is 3.02. The lowest BCUT2D eigenvalue weighted by Crippen LogP contribution is -2.31. The van der Waals surface area contributed by atoms with Gasteiger partial charge in [-0.25, -0.2) is 0 Å². The Hall–Kier alpha value is -1.04. The number of ether oxygens (including phenoxy) is 1. The van der Waals surface area contributed by atoms with Crippen LogP contribution in [0, 0.1) is 6.92 Å². The first-order valence-electron chi connectivity index (χ1n) is 6.31. The van der Waals surface area contributed by atoms with E-state index in [1.54, 1.807) is 11.3 Å². The molecule has 5 heteroatoms. The smallest absolute Gasteiger partial charge is 0.207 e. The Bertz CT molecular complexity index is 452. The Morgan fingerprint density at radius 1 is 1.56 bits per heavy atom. The maximum Gasteiger partial charge on any atom is 0.207 e. The Labute approximate surface area is 111 Å². The molecule has 0 bridgehead atoms. The van der Waals surface area contributed by atoms with Gasteiger partial charge in [-0.15, -0.1) is 16.4 Å². The molecule has 0 radical (unpaired) electrons. The molecule has 0 aromatic carbocycles. The van der Waals surface area contributed by atoms with Gasteiger partial charge in [0, 0.05) is 17.6 Å². The van der Waals surface area contributed by atoms with E-state index < -0.39 is 0 Å². The molecule has 2 atom stereocenters. The van der Waals surface area contributed by atoms with Crippen molar-refractivity contribution >= 4 is 11.3 Å². The van der Waals surface area contributed by atoms with Gasteiger partial charge in [-0.05, 0) is 36.8 Å². The first kappa shape index (κ1) is 12.0. The van der Waals surface area contributed by atoms with Gasteiger partial charge in [-0.3, -0.25) is 0 Å². The van der Waals surface area contributed by atoms with Gasteiger partial charge in [-0.1, -0.05) is 0 Å². The van der Waals surface area contributed by atoms with Crippen molar-refractivity contribution in [1.29, 1.82) is 0 Å². The van der Waals surface area contributed by atoms with E-state index in [2.05, 4.69) is 18.4 Å². The van der Waals surface area contributed by atoms with Crippen LogP contribution in [0.25, 0.3) is 0 Å². The van der Waals surface area contributed by atoms with E-state index in [-0.39, 0.29) is 12.1 Å². The molecule has 2 aliphatic heterocycles. The second-order valence-corrected chi connectivity index (χ2v) is 5.76. The van der Waals surface area contributed by atoms with Crippen LogP contribution < -0.4 is 5.73 Å². The summed E-state index contributed by atoms with van der Waals surface area (Å²) in [7, 11) is 0. The summed E-state index contributed by atoms with van der Waals surface area (Å²) in [5.74, 6) is 0.491. The maximum atomic E-state index is 5.81. The van der Waals surface area contributed by atoms with E-state index in [4.69, 9.17) is 15.3 Å². The van der Waals surface area contributed by atoms with Crippen LogP contribution in [0.2, 0.25) is 0 Å². The number of hydroxylamine groups is 2. The number of hydrogen-bond donors (Lipinski definition) is 1. The minimum atomic E-state index is 0.134. The third-order valence-electron chi connectivity index (χ3n) is 3.43. The number of nitrogens with two attached hydrogens (primary N) is 1. The minimum absolute atomic E-state index is 0.134. The zero-order valence-corrected chi connectivity index (χ0v) is 11.3. The van der Waals surface area contributed by atoms with Crippen LogP contribution in [0.3, 0.4) is 0 Å². The second kappa shape index (κ2) is 4.91. The molecular weight excluding hydrogens is 248 g/mol. The fraction of sp³-hybridized carbons (Fsp3) is 0.538. The average molecular weight is 266 g/mol. The van der Waals surface area contributed by atoms with E-state index in [1.165, 1.54) is 10.4 Å². The molecule has 18 heavy (non-hydrogen) atoms. The number of thiophene rings is 1. The highest BCUT2D eigenvalue weighted by Gasteiger charge is 2.32. The van der Waals surface area contributed by atoms with Gasteiger partial charge in [0.25, 0.3) is 0 Å². The highest BCUT2D eigenvalue weighted by Crippen LogP contribution is 2.35. The summed E-state index contributed by atoms with van der Waals surface area (Å²) in [6.07, 6.45) is 4.50. The van der Waals surface area contributed by atoms with E-state index in [0.29, 0.717) is 5.88 Å². The van der Waals surface area contributed by atoms with Gasteiger partial charge in [0.15, 0.2) is 0 Å². The molecule has 98 valence electrons. The number of aryl methyl sites for hydroxylation is 1. The van der Waals surface area contributed by atoms with Crippen molar-refractivity contribution in [2.24, 2.45) is 5.73 Å². The zero-order chi connectivity index (χ0) is 12.5. The summed E-state index contributed by atoms with van der Waals surface area (Å²) >= 11 is 1.75. The van der Waals surface area contributed by atoms with E-state index in [0.717, 1.165) is 26.0 Å². The van der Waals surface area contributed by atoms with Gasteiger partial charge in [0.1, 0.15) is 6.04 Å².